The van der Waals surface area contributed by atoms with Crippen molar-refractivity contribution in [2.24, 2.45) is 0 Å². The quantitative estimate of drug-likeness (QED) is 0.840. The van der Waals surface area contributed by atoms with Gasteiger partial charge in [0, 0.05) is 18.9 Å². The van der Waals surface area contributed by atoms with Crippen LogP contribution in [-0.2, 0) is 6.54 Å². The first-order chi connectivity index (χ1) is 9.63. The molecule has 0 unspecified atom stereocenters. The molecule has 1 heterocycles. The highest BCUT2D eigenvalue weighted by molar-refractivity contribution is 7.78. The van der Waals surface area contributed by atoms with E-state index in [1.165, 1.54) is 5.49 Å². The van der Waals surface area contributed by atoms with E-state index in [2.05, 4.69) is 24.1 Å². The zero-order valence-electron chi connectivity index (χ0n) is 11.6. The molecule has 0 aliphatic carbocycles. The first-order valence-electron chi connectivity index (χ1n) is 6.53. The number of nitrogens with zero attached hydrogens (tertiary/aromatic N) is 1. The summed E-state index contributed by atoms with van der Waals surface area (Å²) in [6.07, 6.45) is 3.43. The van der Waals surface area contributed by atoms with Gasteiger partial charge in [-0.2, -0.15) is 0 Å². The Balaban J connectivity index is 2.61. The van der Waals surface area contributed by atoms with Gasteiger partial charge >= 0.3 is 0 Å². The lowest BCUT2D eigenvalue weighted by molar-refractivity contribution is 0.622. The van der Waals surface area contributed by atoms with Gasteiger partial charge in [-0.15, -0.1) is 0 Å². The number of pyridine rings is 1. The minimum absolute atomic E-state index is 0.216. The normalized spacial score (nSPS) is 10.6. The van der Waals surface area contributed by atoms with Crippen molar-refractivity contribution < 1.29 is 4.39 Å². The standard InChI is InChI=1S/C16H17FN2S/c1-11(2)14-7-13(17)8-15(16(14)9-19-10-20)12-3-5-18-6-4-12/h3-8,10-11H,9H2,1-2H3,(H,19,20). The van der Waals surface area contributed by atoms with Crippen molar-refractivity contribution in [3.8, 4) is 11.1 Å². The zero-order chi connectivity index (χ0) is 14.5. The molecule has 0 saturated heterocycles. The number of aromatic nitrogens is 1. The molecule has 0 fully saturated rings. The van der Waals surface area contributed by atoms with Gasteiger partial charge < -0.3 is 5.32 Å². The van der Waals surface area contributed by atoms with E-state index in [0.717, 1.165) is 22.3 Å². The Bertz CT molecular complexity index is 597. The maximum Gasteiger partial charge on any atom is 0.124 e. The van der Waals surface area contributed by atoms with Crippen molar-refractivity contribution in [1.29, 1.82) is 0 Å². The molecule has 0 aliphatic rings. The van der Waals surface area contributed by atoms with Gasteiger partial charge in [-0.05, 0) is 52.4 Å². The average Bonchev–Trinajstić information content (AvgIpc) is 2.46. The monoisotopic (exact) mass is 288 g/mol. The van der Waals surface area contributed by atoms with Crippen molar-refractivity contribution in [3.63, 3.8) is 0 Å². The van der Waals surface area contributed by atoms with E-state index < -0.39 is 0 Å². The summed E-state index contributed by atoms with van der Waals surface area (Å²) in [4.78, 5) is 4.01. The molecule has 1 N–H and O–H groups in total. The predicted octanol–water partition coefficient (Wildman–Crippen LogP) is 4.06. The number of hydrogen-bond donors (Lipinski definition) is 1. The number of thiocarbonyl (C=S) groups is 1. The van der Waals surface area contributed by atoms with Crippen LogP contribution in [0, 0.1) is 5.82 Å². The molecule has 0 amide bonds. The lowest BCUT2D eigenvalue weighted by Gasteiger charge is -2.18. The van der Waals surface area contributed by atoms with Gasteiger partial charge in [-0.1, -0.05) is 26.1 Å². The van der Waals surface area contributed by atoms with Gasteiger partial charge in [0.1, 0.15) is 5.82 Å². The van der Waals surface area contributed by atoms with Crippen LogP contribution in [0.4, 0.5) is 4.39 Å². The largest absolute Gasteiger partial charge is 0.378 e. The van der Waals surface area contributed by atoms with E-state index in [4.69, 9.17) is 12.2 Å². The fourth-order valence-corrected chi connectivity index (χ4v) is 2.39. The lowest BCUT2D eigenvalue weighted by atomic mass is 9.90. The molecule has 2 rings (SSSR count). The van der Waals surface area contributed by atoms with Crippen LogP contribution in [0.15, 0.2) is 36.7 Å². The number of hydrogen-bond acceptors (Lipinski definition) is 2. The van der Waals surface area contributed by atoms with Gasteiger partial charge in [-0.3, -0.25) is 4.98 Å². The number of rotatable bonds is 5. The first kappa shape index (κ1) is 14.6. The van der Waals surface area contributed by atoms with Crippen LogP contribution in [0.25, 0.3) is 11.1 Å². The van der Waals surface area contributed by atoms with Crippen LogP contribution in [0.3, 0.4) is 0 Å². The van der Waals surface area contributed by atoms with Crippen LogP contribution in [0.1, 0.15) is 30.9 Å². The topological polar surface area (TPSA) is 24.9 Å². The maximum absolute atomic E-state index is 13.9. The SMILES string of the molecule is CC(C)c1cc(F)cc(-c2ccncc2)c1CNC=S. The fraction of sp³-hybridized carbons (Fsp3) is 0.250. The fourth-order valence-electron chi connectivity index (χ4n) is 2.30. The third kappa shape index (κ3) is 3.20. The Hall–Kier alpha value is -1.81. The highest BCUT2D eigenvalue weighted by atomic mass is 32.1. The molecule has 0 spiro atoms. The molecular weight excluding hydrogens is 271 g/mol. The van der Waals surface area contributed by atoms with Gasteiger partial charge in [-0.25, -0.2) is 4.39 Å². The molecule has 2 nitrogen and oxygen atoms in total. The van der Waals surface area contributed by atoms with E-state index in [1.54, 1.807) is 24.5 Å². The Kier molecular flexibility index (Phi) is 4.79. The van der Waals surface area contributed by atoms with Crippen molar-refractivity contribution in [3.05, 3.63) is 53.6 Å². The summed E-state index contributed by atoms with van der Waals surface area (Å²) in [7, 11) is 0. The van der Waals surface area contributed by atoms with Gasteiger partial charge in [0.2, 0.25) is 0 Å². The molecule has 0 radical (unpaired) electrons. The summed E-state index contributed by atoms with van der Waals surface area (Å²) in [6, 6.07) is 6.96. The van der Waals surface area contributed by atoms with Crippen LogP contribution < -0.4 is 5.32 Å². The van der Waals surface area contributed by atoms with E-state index >= 15 is 0 Å². The van der Waals surface area contributed by atoms with E-state index in [0.29, 0.717) is 6.54 Å². The van der Waals surface area contributed by atoms with Crippen LogP contribution in [0.2, 0.25) is 0 Å². The number of halogens is 1. The van der Waals surface area contributed by atoms with Gasteiger partial charge in [0.15, 0.2) is 0 Å². The van der Waals surface area contributed by atoms with E-state index in [1.807, 2.05) is 12.1 Å². The van der Waals surface area contributed by atoms with E-state index in [9.17, 15) is 4.39 Å². The van der Waals surface area contributed by atoms with Crippen molar-refractivity contribution >= 4 is 17.7 Å². The molecule has 0 atom stereocenters. The van der Waals surface area contributed by atoms with E-state index in [-0.39, 0.29) is 11.7 Å². The van der Waals surface area contributed by atoms with Gasteiger partial charge in [0.25, 0.3) is 0 Å². The highest BCUT2D eigenvalue weighted by Gasteiger charge is 2.14. The molecule has 0 saturated carbocycles. The Labute approximate surface area is 124 Å². The molecule has 104 valence electrons. The third-order valence-corrected chi connectivity index (χ3v) is 3.39. The van der Waals surface area contributed by atoms with Crippen LogP contribution in [-0.4, -0.2) is 10.5 Å². The van der Waals surface area contributed by atoms with Gasteiger partial charge in [0.05, 0.1) is 5.49 Å². The molecule has 4 heteroatoms. The number of nitrogens with one attached hydrogen (secondary N) is 1. The second-order valence-corrected chi connectivity index (χ2v) is 5.15. The maximum atomic E-state index is 13.9. The summed E-state index contributed by atoms with van der Waals surface area (Å²) in [5.74, 6) is 0.0276. The molecule has 0 bridgehead atoms. The molecule has 20 heavy (non-hydrogen) atoms. The molecular formula is C16H17FN2S. The third-order valence-electron chi connectivity index (χ3n) is 3.22. The summed E-state index contributed by atoms with van der Waals surface area (Å²) in [5, 5.41) is 3.04. The first-order valence-corrected chi connectivity index (χ1v) is 7.00. The molecule has 1 aromatic heterocycles. The predicted molar refractivity (Wildman–Crippen MR) is 84.2 cm³/mol. The Morgan fingerprint density at radius 2 is 2.00 bits per heavy atom. The number of benzene rings is 1. The minimum atomic E-state index is -0.216. The Morgan fingerprint density at radius 1 is 1.30 bits per heavy atom. The van der Waals surface area contributed by atoms with Crippen molar-refractivity contribution in [1.82, 2.24) is 10.3 Å². The molecule has 1 aromatic carbocycles. The lowest BCUT2D eigenvalue weighted by Crippen LogP contribution is -2.13. The molecule has 0 aliphatic heterocycles. The summed E-state index contributed by atoms with van der Waals surface area (Å²) >= 11 is 4.83. The zero-order valence-corrected chi connectivity index (χ0v) is 12.4. The van der Waals surface area contributed by atoms with Crippen LogP contribution >= 0.6 is 12.2 Å². The van der Waals surface area contributed by atoms with Crippen molar-refractivity contribution in [2.75, 3.05) is 0 Å². The van der Waals surface area contributed by atoms with Crippen LogP contribution in [0.5, 0.6) is 0 Å². The minimum Gasteiger partial charge on any atom is -0.378 e. The summed E-state index contributed by atoms with van der Waals surface area (Å²) in [6.45, 7) is 4.72. The average molecular weight is 288 g/mol. The van der Waals surface area contributed by atoms with Crippen molar-refractivity contribution in [2.45, 2.75) is 26.3 Å². The second-order valence-electron chi connectivity index (χ2n) is 4.91. The highest BCUT2D eigenvalue weighted by Crippen LogP contribution is 2.31. The second kappa shape index (κ2) is 6.57. The summed E-state index contributed by atoms with van der Waals surface area (Å²) < 4.78 is 13.9. The Morgan fingerprint density at radius 3 is 2.60 bits per heavy atom. The summed E-state index contributed by atoms with van der Waals surface area (Å²) in [5.41, 5.74) is 5.42. The smallest absolute Gasteiger partial charge is 0.124 e. The molecule has 2 aromatic rings.